The van der Waals surface area contributed by atoms with E-state index in [2.05, 4.69) is 24.6 Å². The normalized spacial score (nSPS) is 11.0. The third kappa shape index (κ3) is 7.66. The molecule has 0 aliphatic carbocycles. The molecule has 0 unspecified atom stereocenters. The Balaban J connectivity index is 2.83. The van der Waals surface area contributed by atoms with Crippen molar-refractivity contribution in [3.63, 3.8) is 0 Å². The molecule has 0 atom stereocenters. The zero-order chi connectivity index (χ0) is 7.66. The van der Waals surface area contributed by atoms with Crippen LogP contribution in [0.25, 0.3) is 0 Å². The van der Waals surface area contributed by atoms with Gasteiger partial charge in [0, 0.05) is 6.54 Å². The first-order valence-corrected chi connectivity index (χ1v) is 3.91. The van der Waals surface area contributed by atoms with Gasteiger partial charge in [-0.3, -0.25) is 0 Å². The third-order valence-electron chi connectivity index (χ3n) is 1.06. The molecule has 0 saturated heterocycles. The Hall–Kier alpha value is -0.340. The summed E-state index contributed by atoms with van der Waals surface area (Å²) in [7, 11) is 0. The first kappa shape index (κ1) is 9.66. The number of allylic oxidation sites excluding steroid dienone is 1. The molecule has 2 nitrogen and oxygen atoms in total. The largest absolute Gasteiger partial charge is 0.302 e. The molecule has 0 radical (unpaired) electrons. The van der Waals surface area contributed by atoms with E-state index >= 15 is 0 Å². The van der Waals surface area contributed by atoms with Crippen molar-refractivity contribution in [2.45, 2.75) is 26.7 Å². The summed E-state index contributed by atoms with van der Waals surface area (Å²) in [5.41, 5.74) is 2.84. The standard InChI is InChI=1S/C8H17NO/c1-3-5-6-7-8-9-10-4-2/h5-6,9H,3-4,7-8H2,1-2H3/b6-5+. The summed E-state index contributed by atoms with van der Waals surface area (Å²) in [5, 5.41) is 0. The van der Waals surface area contributed by atoms with Crippen LogP contribution in [-0.4, -0.2) is 13.2 Å². The minimum atomic E-state index is 0.734. The quantitative estimate of drug-likeness (QED) is 0.348. The van der Waals surface area contributed by atoms with Gasteiger partial charge in [0.15, 0.2) is 0 Å². The summed E-state index contributed by atoms with van der Waals surface area (Å²) in [6.07, 6.45) is 6.49. The number of nitrogens with one attached hydrogen (secondary N) is 1. The Morgan fingerprint density at radius 3 is 2.70 bits per heavy atom. The number of hydrogen-bond acceptors (Lipinski definition) is 2. The van der Waals surface area contributed by atoms with Crippen molar-refractivity contribution >= 4 is 0 Å². The Morgan fingerprint density at radius 2 is 2.10 bits per heavy atom. The van der Waals surface area contributed by atoms with Crippen molar-refractivity contribution in [3.05, 3.63) is 12.2 Å². The van der Waals surface area contributed by atoms with Crippen molar-refractivity contribution in [2.24, 2.45) is 0 Å². The van der Waals surface area contributed by atoms with Gasteiger partial charge in [-0.25, -0.2) is 5.48 Å². The average molecular weight is 143 g/mol. The van der Waals surface area contributed by atoms with Gasteiger partial charge in [-0.15, -0.1) is 0 Å². The monoisotopic (exact) mass is 143 g/mol. The highest BCUT2D eigenvalue weighted by molar-refractivity contribution is 4.79. The van der Waals surface area contributed by atoms with Crippen LogP contribution >= 0.6 is 0 Å². The van der Waals surface area contributed by atoms with Crippen LogP contribution in [-0.2, 0) is 4.84 Å². The lowest BCUT2D eigenvalue weighted by atomic mass is 10.3. The summed E-state index contributed by atoms with van der Waals surface area (Å²) >= 11 is 0. The predicted octanol–water partition coefficient (Wildman–Crippen LogP) is 1.88. The van der Waals surface area contributed by atoms with Crippen LogP contribution in [0.15, 0.2) is 12.2 Å². The van der Waals surface area contributed by atoms with Crippen molar-refractivity contribution in [1.29, 1.82) is 0 Å². The maximum atomic E-state index is 4.93. The molecule has 2 heteroatoms. The van der Waals surface area contributed by atoms with Crippen LogP contribution in [0, 0.1) is 0 Å². The maximum absolute atomic E-state index is 4.93. The molecule has 0 amide bonds. The van der Waals surface area contributed by atoms with Crippen LogP contribution in [0.1, 0.15) is 26.7 Å². The second kappa shape index (κ2) is 8.66. The Kier molecular flexibility index (Phi) is 8.37. The highest BCUT2D eigenvalue weighted by Gasteiger charge is 1.79. The van der Waals surface area contributed by atoms with Crippen LogP contribution in [0.4, 0.5) is 0 Å². The van der Waals surface area contributed by atoms with Gasteiger partial charge in [-0.2, -0.15) is 0 Å². The molecule has 10 heavy (non-hydrogen) atoms. The summed E-state index contributed by atoms with van der Waals surface area (Å²) in [5.74, 6) is 0. The third-order valence-corrected chi connectivity index (χ3v) is 1.06. The van der Waals surface area contributed by atoms with E-state index in [-0.39, 0.29) is 0 Å². The molecule has 0 saturated carbocycles. The van der Waals surface area contributed by atoms with Crippen LogP contribution in [0.3, 0.4) is 0 Å². The van der Waals surface area contributed by atoms with Crippen LogP contribution in [0.5, 0.6) is 0 Å². The maximum Gasteiger partial charge on any atom is 0.0653 e. The van der Waals surface area contributed by atoms with E-state index in [1.165, 1.54) is 0 Å². The SMILES string of the molecule is CC/C=C/CCNOCC. The van der Waals surface area contributed by atoms with E-state index in [4.69, 9.17) is 4.84 Å². The Morgan fingerprint density at radius 1 is 1.30 bits per heavy atom. The van der Waals surface area contributed by atoms with E-state index in [0.29, 0.717) is 0 Å². The van der Waals surface area contributed by atoms with E-state index in [1.54, 1.807) is 0 Å². The van der Waals surface area contributed by atoms with Gasteiger partial charge in [0.2, 0.25) is 0 Å². The first-order chi connectivity index (χ1) is 4.91. The number of rotatable bonds is 6. The molecule has 0 rings (SSSR count). The summed E-state index contributed by atoms with van der Waals surface area (Å²) < 4.78 is 0. The fourth-order valence-electron chi connectivity index (χ4n) is 0.601. The van der Waals surface area contributed by atoms with E-state index < -0.39 is 0 Å². The molecule has 0 bridgehead atoms. The van der Waals surface area contributed by atoms with Gasteiger partial charge < -0.3 is 4.84 Å². The number of hydrogen-bond donors (Lipinski definition) is 1. The average Bonchev–Trinajstić information content (AvgIpc) is 1.97. The fourth-order valence-corrected chi connectivity index (χ4v) is 0.601. The van der Waals surface area contributed by atoms with Gasteiger partial charge in [0.25, 0.3) is 0 Å². The van der Waals surface area contributed by atoms with Gasteiger partial charge in [-0.05, 0) is 19.8 Å². The number of hydroxylamine groups is 1. The Labute approximate surface area is 63.2 Å². The van der Waals surface area contributed by atoms with Gasteiger partial charge >= 0.3 is 0 Å². The lowest BCUT2D eigenvalue weighted by Gasteiger charge is -1.98. The molecule has 0 fully saturated rings. The summed E-state index contributed by atoms with van der Waals surface area (Å²) in [6.45, 7) is 5.74. The van der Waals surface area contributed by atoms with E-state index in [1.807, 2.05) is 6.92 Å². The molecule has 0 aromatic heterocycles. The lowest BCUT2D eigenvalue weighted by molar-refractivity contribution is 0.0523. The minimum Gasteiger partial charge on any atom is -0.302 e. The van der Waals surface area contributed by atoms with Gasteiger partial charge in [-0.1, -0.05) is 19.1 Å². The topological polar surface area (TPSA) is 21.3 Å². The summed E-state index contributed by atoms with van der Waals surface area (Å²) in [4.78, 5) is 4.93. The molecule has 60 valence electrons. The van der Waals surface area contributed by atoms with E-state index in [0.717, 1.165) is 26.0 Å². The van der Waals surface area contributed by atoms with Crippen LogP contribution < -0.4 is 5.48 Å². The molecule has 0 aromatic carbocycles. The van der Waals surface area contributed by atoms with Crippen molar-refractivity contribution in [2.75, 3.05) is 13.2 Å². The first-order valence-electron chi connectivity index (χ1n) is 3.91. The van der Waals surface area contributed by atoms with Crippen molar-refractivity contribution in [3.8, 4) is 0 Å². The molecular formula is C8H17NO. The Bertz CT molecular complexity index is 81.3. The second-order valence-electron chi connectivity index (χ2n) is 2.00. The molecule has 0 aliphatic rings. The molecule has 1 N–H and O–H groups in total. The predicted molar refractivity (Wildman–Crippen MR) is 43.7 cm³/mol. The molecule has 0 aliphatic heterocycles. The van der Waals surface area contributed by atoms with Gasteiger partial charge in [0.1, 0.15) is 0 Å². The molecule has 0 spiro atoms. The lowest BCUT2D eigenvalue weighted by Crippen LogP contribution is -2.14. The van der Waals surface area contributed by atoms with E-state index in [9.17, 15) is 0 Å². The minimum absolute atomic E-state index is 0.734. The highest BCUT2D eigenvalue weighted by atomic mass is 16.6. The van der Waals surface area contributed by atoms with Gasteiger partial charge in [0.05, 0.1) is 6.61 Å². The summed E-state index contributed by atoms with van der Waals surface area (Å²) in [6, 6.07) is 0. The van der Waals surface area contributed by atoms with Crippen LogP contribution in [0.2, 0.25) is 0 Å². The molecule has 0 heterocycles. The second-order valence-corrected chi connectivity index (χ2v) is 2.00. The fraction of sp³-hybridized carbons (Fsp3) is 0.750. The smallest absolute Gasteiger partial charge is 0.0653 e. The van der Waals surface area contributed by atoms with Crippen molar-refractivity contribution < 1.29 is 4.84 Å². The highest BCUT2D eigenvalue weighted by Crippen LogP contribution is 1.83. The van der Waals surface area contributed by atoms with Crippen molar-refractivity contribution in [1.82, 2.24) is 5.48 Å². The molecule has 0 aromatic rings. The zero-order valence-electron chi connectivity index (χ0n) is 6.89. The zero-order valence-corrected chi connectivity index (χ0v) is 6.89. The molecular weight excluding hydrogens is 126 g/mol.